The molecular formula is C13H20N2O2S. The molecule has 1 heterocycles. The van der Waals surface area contributed by atoms with Crippen LogP contribution in [0.25, 0.3) is 0 Å². The highest BCUT2D eigenvalue weighted by Gasteiger charge is 2.33. The number of carbonyl (C=O) groups is 2. The van der Waals surface area contributed by atoms with E-state index in [1.165, 1.54) is 0 Å². The normalized spacial score (nSPS) is 18.8. The van der Waals surface area contributed by atoms with Gasteiger partial charge in [-0.1, -0.05) is 20.3 Å². The highest BCUT2D eigenvalue weighted by molar-refractivity contribution is 7.99. The second-order valence-corrected chi connectivity index (χ2v) is 5.82. The number of nitrogens with zero attached hydrogens (tertiary/aromatic N) is 2. The van der Waals surface area contributed by atoms with E-state index >= 15 is 0 Å². The number of hydrogen-bond donors (Lipinski definition) is 0. The molecule has 1 saturated heterocycles. The zero-order chi connectivity index (χ0) is 13.5. The number of rotatable bonds is 5. The average Bonchev–Trinajstić information content (AvgIpc) is 2.40. The number of nitriles is 1. The number of Topliss-reactive ketones (excluding diaryl/α,β-unsaturated/α-hetero) is 1. The van der Waals surface area contributed by atoms with Gasteiger partial charge in [0.2, 0.25) is 5.91 Å². The minimum atomic E-state index is -1.10. The first-order valence-corrected chi connectivity index (χ1v) is 7.57. The third-order valence-corrected chi connectivity index (χ3v) is 4.13. The molecule has 0 bridgehead atoms. The molecule has 0 radical (unpaired) electrons. The Morgan fingerprint density at radius 2 is 2.00 bits per heavy atom. The van der Waals surface area contributed by atoms with Crippen LogP contribution in [0.3, 0.4) is 0 Å². The molecular weight excluding hydrogens is 248 g/mol. The van der Waals surface area contributed by atoms with E-state index in [1.54, 1.807) is 23.6 Å². The van der Waals surface area contributed by atoms with Gasteiger partial charge in [-0.15, -0.1) is 0 Å². The molecule has 1 aliphatic heterocycles. The van der Waals surface area contributed by atoms with Gasteiger partial charge >= 0.3 is 0 Å². The molecule has 0 N–H and O–H groups in total. The molecule has 1 fully saturated rings. The molecule has 0 saturated carbocycles. The van der Waals surface area contributed by atoms with E-state index in [0.29, 0.717) is 13.1 Å². The summed E-state index contributed by atoms with van der Waals surface area (Å²) in [5.74, 6) is -0.0451. The number of carbonyl (C=O) groups excluding carboxylic acids is 2. The van der Waals surface area contributed by atoms with Crippen LogP contribution < -0.4 is 0 Å². The highest BCUT2D eigenvalue weighted by atomic mass is 32.2. The molecule has 1 rings (SSSR count). The lowest BCUT2D eigenvalue weighted by atomic mass is 9.91. The Morgan fingerprint density at radius 3 is 2.50 bits per heavy atom. The summed E-state index contributed by atoms with van der Waals surface area (Å²) < 4.78 is 0. The molecule has 0 aromatic carbocycles. The first-order valence-electron chi connectivity index (χ1n) is 6.41. The highest BCUT2D eigenvalue weighted by Crippen LogP contribution is 2.17. The van der Waals surface area contributed by atoms with Crippen molar-refractivity contribution in [3.8, 4) is 6.07 Å². The van der Waals surface area contributed by atoms with Crippen molar-refractivity contribution in [1.29, 1.82) is 5.26 Å². The molecule has 100 valence electrons. The molecule has 0 aromatic heterocycles. The number of ketones is 1. The van der Waals surface area contributed by atoms with Crippen LogP contribution in [0.4, 0.5) is 0 Å². The maximum atomic E-state index is 12.2. The number of amides is 1. The van der Waals surface area contributed by atoms with Gasteiger partial charge in [0, 0.05) is 30.5 Å². The first-order chi connectivity index (χ1) is 8.61. The summed E-state index contributed by atoms with van der Waals surface area (Å²) in [5.41, 5.74) is 0. The van der Waals surface area contributed by atoms with E-state index in [-0.39, 0.29) is 17.6 Å². The summed E-state index contributed by atoms with van der Waals surface area (Å²) in [5, 5.41) is 9.09. The van der Waals surface area contributed by atoms with Gasteiger partial charge in [-0.3, -0.25) is 9.59 Å². The second-order valence-electron chi connectivity index (χ2n) is 4.59. The molecule has 1 aliphatic rings. The maximum Gasteiger partial charge on any atom is 0.247 e. The minimum Gasteiger partial charge on any atom is -0.340 e. The van der Waals surface area contributed by atoms with E-state index in [9.17, 15) is 9.59 Å². The van der Waals surface area contributed by atoms with Crippen molar-refractivity contribution in [1.82, 2.24) is 4.90 Å². The van der Waals surface area contributed by atoms with Gasteiger partial charge in [0.25, 0.3) is 0 Å². The Labute approximate surface area is 113 Å². The van der Waals surface area contributed by atoms with Crippen LogP contribution in [0, 0.1) is 23.2 Å². The predicted molar refractivity (Wildman–Crippen MR) is 72.1 cm³/mol. The van der Waals surface area contributed by atoms with E-state index in [2.05, 4.69) is 0 Å². The van der Waals surface area contributed by atoms with Gasteiger partial charge in [0.15, 0.2) is 11.7 Å². The van der Waals surface area contributed by atoms with Crippen molar-refractivity contribution < 1.29 is 9.59 Å². The van der Waals surface area contributed by atoms with Crippen LogP contribution >= 0.6 is 11.8 Å². The third-order valence-electron chi connectivity index (χ3n) is 3.19. The van der Waals surface area contributed by atoms with Gasteiger partial charge in [0.05, 0.1) is 6.07 Å². The Kier molecular flexibility index (Phi) is 6.20. The summed E-state index contributed by atoms with van der Waals surface area (Å²) in [6.45, 7) is 5.10. The SMILES string of the molecule is CCC[C@H](C)C(=O)[C@H](C#N)C(=O)N1CCSCC1. The molecule has 18 heavy (non-hydrogen) atoms. The molecule has 4 nitrogen and oxygen atoms in total. The lowest BCUT2D eigenvalue weighted by molar-refractivity contribution is -0.140. The minimum absolute atomic E-state index is 0.206. The molecule has 1 amide bonds. The summed E-state index contributed by atoms with van der Waals surface area (Å²) in [4.78, 5) is 25.9. The molecule has 0 aliphatic carbocycles. The van der Waals surface area contributed by atoms with Crippen LogP contribution in [0.5, 0.6) is 0 Å². The zero-order valence-corrected chi connectivity index (χ0v) is 11.8. The number of thioether (sulfide) groups is 1. The van der Waals surface area contributed by atoms with E-state index in [4.69, 9.17) is 5.26 Å². The van der Waals surface area contributed by atoms with Crippen LogP contribution in [0.1, 0.15) is 26.7 Å². The monoisotopic (exact) mass is 268 g/mol. The summed E-state index contributed by atoms with van der Waals surface area (Å²) >= 11 is 1.80. The smallest absolute Gasteiger partial charge is 0.247 e. The Bertz CT molecular complexity index is 345. The van der Waals surface area contributed by atoms with E-state index in [0.717, 1.165) is 24.3 Å². The standard InChI is InChI=1S/C13H20N2O2S/c1-3-4-10(2)12(16)11(9-14)13(17)15-5-7-18-8-6-15/h10-11H,3-8H2,1-2H3/t10-,11-/m0/s1. The van der Waals surface area contributed by atoms with Crippen LogP contribution in [0.2, 0.25) is 0 Å². The Balaban J connectivity index is 2.67. The quantitative estimate of drug-likeness (QED) is 0.712. The lowest BCUT2D eigenvalue weighted by Crippen LogP contribution is -2.44. The topological polar surface area (TPSA) is 61.2 Å². The van der Waals surface area contributed by atoms with Crippen LogP contribution in [0.15, 0.2) is 0 Å². The Morgan fingerprint density at radius 1 is 1.39 bits per heavy atom. The summed E-state index contributed by atoms with van der Waals surface area (Å²) in [7, 11) is 0. The lowest BCUT2D eigenvalue weighted by Gasteiger charge is -2.28. The van der Waals surface area contributed by atoms with Crippen molar-refractivity contribution >= 4 is 23.5 Å². The molecule has 0 unspecified atom stereocenters. The van der Waals surface area contributed by atoms with Crippen molar-refractivity contribution in [3.05, 3.63) is 0 Å². The van der Waals surface area contributed by atoms with Crippen molar-refractivity contribution in [2.45, 2.75) is 26.7 Å². The van der Waals surface area contributed by atoms with Gasteiger partial charge in [-0.2, -0.15) is 17.0 Å². The third kappa shape index (κ3) is 3.74. The van der Waals surface area contributed by atoms with Crippen LogP contribution in [-0.4, -0.2) is 41.2 Å². The second kappa shape index (κ2) is 7.42. The van der Waals surface area contributed by atoms with Gasteiger partial charge in [0.1, 0.15) is 0 Å². The fourth-order valence-electron chi connectivity index (χ4n) is 2.07. The van der Waals surface area contributed by atoms with E-state index < -0.39 is 5.92 Å². The average molecular weight is 268 g/mol. The maximum absolute atomic E-state index is 12.2. The van der Waals surface area contributed by atoms with Crippen LogP contribution in [-0.2, 0) is 9.59 Å². The van der Waals surface area contributed by atoms with Gasteiger partial charge in [-0.05, 0) is 6.42 Å². The zero-order valence-electron chi connectivity index (χ0n) is 11.0. The van der Waals surface area contributed by atoms with Crippen molar-refractivity contribution in [2.75, 3.05) is 24.6 Å². The summed E-state index contributed by atoms with van der Waals surface area (Å²) in [6.07, 6.45) is 1.62. The Hall–Kier alpha value is -1.02. The first kappa shape index (κ1) is 15.0. The molecule has 0 spiro atoms. The molecule has 5 heteroatoms. The van der Waals surface area contributed by atoms with Crippen molar-refractivity contribution in [3.63, 3.8) is 0 Å². The number of hydrogen-bond acceptors (Lipinski definition) is 4. The van der Waals surface area contributed by atoms with Crippen molar-refractivity contribution in [2.24, 2.45) is 11.8 Å². The van der Waals surface area contributed by atoms with Gasteiger partial charge < -0.3 is 4.90 Å². The van der Waals surface area contributed by atoms with Gasteiger partial charge in [-0.25, -0.2) is 0 Å². The fraction of sp³-hybridized carbons (Fsp3) is 0.769. The largest absolute Gasteiger partial charge is 0.340 e. The summed E-state index contributed by atoms with van der Waals surface area (Å²) in [6, 6.07) is 1.89. The van der Waals surface area contributed by atoms with E-state index in [1.807, 2.05) is 13.0 Å². The predicted octanol–water partition coefficient (Wildman–Crippen LogP) is 1.71. The molecule has 2 atom stereocenters. The molecule has 0 aromatic rings. The fourth-order valence-corrected chi connectivity index (χ4v) is 2.97.